The van der Waals surface area contributed by atoms with E-state index < -0.39 is 10.0 Å². The fourth-order valence-corrected chi connectivity index (χ4v) is 2.53. The maximum Gasteiger partial charge on any atom is 0.238 e. The van der Waals surface area contributed by atoms with Gasteiger partial charge in [0.2, 0.25) is 10.0 Å². The van der Waals surface area contributed by atoms with E-state index in [1.54, 1.807) is 0 Å². The zero-order valence-electron chi connectivity index (χ0n) is 11.0. The van der Waals surface area contributed by atoms with Gasteiger partial charge >= 0.3 is 0 Å². The van der Waals surface area contributed by atoms with Crippen LogP contribution in [0.25, 0.3) is 0 Å². The summed E-state index contributed by atoms with van der Waals surface area (Å²) in [5, 5.41) is 8.67. The molecule has 0 saturated carbocycles. The minimum absolute atomic E-state index is 0.0375. The van der Waals surface area contributed by atoms with Gasteiger partial charge in [0.25, 0.3) is 0 Å². The van der Waals surface area contributed by atoms with Crippen molar-refractivity contribution in [2.75, 3.05) is 5.32 Å². The van der Waals surface area contributed by atoms with Crippen LogP contribution in [0.2, 0.25) is 5.02 Å². The van der Waals surface area contributed by atoms with Gasteiger partial charge in [-0.1, -0.05) is 11.6 Å². The van der Waals surface area contributed by atoms with Crippen molar-refractivity contribution in [3.63, 3.8) is 0 Å². The molecular formula is C13H16ClN3O2S. The third kappa shape index (κ3) is 3.53. The summed E-state index contributed by atoms with van der Waals surface area (Å²) in [6, 6.07) is 6.33. The van der Waals surface area contributed by atoms with Gasteiger partial charge in [0.05, 0.1) is 15.6 Å². The molecule has 0 bridgehead atoms. The second kappa shape index (κ2) is 5.87. The van der Waals surface area contributed by atoms with Crippen molar-refractivity contribution in [3.05, 3.63) is 47.2 Å². The highest BCUT2D eigenvalue weighted by Crippen LogP contribution is 2.25. The van der Waals surface area contributed by atoms with Crippen LogP contribution in [-0.2, 0) is 23.1 Å². The van der Waals surface area contributed by atoms with E-state index in [4.69, 9.17) is 16.7 Å². The highest BCUT2D eigenvalue weighted by atomic mass is 35.5. The van der Waals surface area contributed by atoms with Gasteiger partial charge in [0.15, 0.2) is 0 Å². The minimum Gasteiger partial charge on any atom is -0.380 e. The Labute approximate surface area is 123 Å². The number of nitrogens with two attached hydrogens (primary N) is 1. The molecule has 1 aromatic carbocycles. The number of anilines is 1. The van der Waals surface area contributed by atoms with Crippen LogP contribution in [-0.4, -0.2) is 13.0 Å². The van der Waals surface area contributed by atoms with Crippen LogP contribution in [0.3, 0.4) is 0 Å². The van der Waals surface area contributed by atoms with Crippen molar-refractivity contribution < 1.29 is 8.42 Å². The number of benzene rings is 1. The summed E-state index contributed by atoms with van der Waals surface area (Å²) >= 11 is 6.04. The summed E-state index contributed by atoms with van der Waals surface area (Å²) in [6.07, 6.45) is 4.00. The van der Waals surface area contributed by atoms with Crippen LogP contribution in [0.15, 0.2) is 41.6 Å². The molecule has 0 spiro atoms. The number of nitrogens with one attached hydrogen (secondary N) is 1. The van der Waals surface area contributed by atoms with Crippen molar-refractivity contribution in [1.82, 2.24) is 4.57 Å². The fourth-order valence-electron chi connectivity index (χ4n) is 1.81. The van der Waals surface area contributed by atoms with Gasteiger partial charge in [-0.05, 0) is 36.8 Å². The van der Waals surface area contributed by atoms with Crippen molar-refractivity contribution in [2.24, 2.45) is 5.14 Å². The average Bonchev–Trinajstić information content (AvgIpc) is 2.84. The maximum absolute atomic E-state index is 11.3. The summed E-state index contributed by atoms with van der Waals surface area (Å²) in [5.74, 6) is 0. The van der Waals surface area contributed by atoms with E-state index in [1.807, 2.05) is 18.5 Å². The van der Waals surface area contributed by atoms with Crippen LogP contribution in [0.5, 0.6) is 0 Å². The number of aryl methyl sites for hydroxylation is 1. The molecule has 2 rings (SSSR count). The predicted molar refractivity (Wildman–Crippen MR) is 80.3 cm³/mol. The Bertz CT molecular complexity index is 710. The van der Waals surface area contributed by atoms with Gasteiger partial charge in [0.1, 0.15) is 0 Å². The molecule has 0 fully saturated rings. The molecule has 0 aliphatic heterocycles. The number of sulfonamides is 1. The van der Waals surface area contributed by atoms with E-state index in [9.17, 15) is 8.42 Å². The molecule has 0 saturated heterocycles. The summed E-state index contributed by atoms with van der Waals surface area (Å²) < 4.78 is 24.7. The van der Waals surface area contributed by atoms with Crippen LogP contribution in [0, 0.1) is 0 Å². The Balaban J connectivity index is 2.16. The van der Waals surface area contributed by atoms with E-state index >= 15 is 0 Å². The molecule has 2 aromatic rings. The summed E-state index contributed by atoms with van der Waals surface area (Å²) in [7, 11) is -3.73. The SMILES string of the molecule is CCn1ccc(CNc2cc(S(N)(=O)=O)ccc2Cl)c1. The molecule has 0 atom stereocenters. The summed E-state index contributed by atoms with van der Waals surface area (Å²) in [4.78, 5) is 0.0375. The largest absolute Gasteiger partial charge is 0.380 e. The van der Waals surface area contributed by atoms with Crippen molar-refractivity contribution in [1.29, 1.82) is 0 Å². The quantitative estimate of drug-likeness (QED) is 0.890. The molecule has 7 heteroatoms. The average molecular weight is 314 g/mol. The van der Waals surface area contributed by atoms with E-state index in [0.717, 1.165) is 12.1 Å². The monoisotopic (exact) mass is 313 g/mol. The normalized spacial score (nSPS) is 11.6. The van der Waals surface area contributed by atoms with Gasteiger partial charge < -0.3 is 9.88 Å². The molecule has 0 unspecified atom stereocenters. The van der Waals surface area contributed by atoms with Gasteiger partial charge in [-0.15, -0.1) is 0 Å². The van der Waals surface area contributed by atoms with E-state index in [2.05, 4.69) is 16.8 Å². The Kier molecular flexibility index (Phi) is 4.37. The second-order valence-electron chi connectivity index (χ2n) is 4.39. The zero-order chi connectivity index (χ0) is 14.8. The number of aromatic nitrogens is 1. The number of hydrogen-bond acceptors (Lipinski definition) is 3. The Hall–Kier alpha value is -1.50. The number of rotatable bonds is 5. The van der Waals surface area contributed by atoms with Gasteiger partial charge in [-0.3, -0.25) is 0 Å². The summed E-state index contributed by atoms with van der Waals surface area (Å²) in [5.41, 5.74) is 1.63. The molecule has 20 heavy (non-hydrogen) atoms. The first-order chi connectivity index (χ1) is 9.40. The zero-order valence-corrected chi connectivity index (χ0v) is 12.6. The minimum atomic E-state index is -3.73. The second-order valence-corrected chi connectivity index (χ2v) is 6.36. The standard InChI is InChI=1S/C13H16ClN3O2S/c1-2-17-6-5-10(9-17)8-16-13-7-11(20(15,18)19)3-4-12(13)14/h3-7,9,16H,2,8H2,1H3,(H2,15,18,19). The third-order valence-corrected chi connectivity index (χ3v) is 4.17. The predicted octanol–water partition coefficient (Wildman–Crippen LogP) is 2.42. The molecule has 108 valence electrons. The van der Waals surface area contributed by atoms with Crippen molar-refractivity contribution in [3.8, 4) is 0 Å². The third-order valence-electron chi connectivity index (χ3n) is 2.93. The summed E-state index contributed by atoms with van der Waals surface area (Å²) in [6.45, 7) is 3.52. The van der Waals surface area contributed by atoms with Gasteiger partial charge in [0, 0.05) is 25.5 Å². The van der Waals surface area contributed by atoms with Crippen molar-refractivity contribution >= 4 is 27.3 Å². The fraction of sp³-hybridized carbons (Fsp3) is 0.231. The lowest BCUT2D eigenvalue weighted by atomic mass is 10.3. The number of nitrogens with zero attached hydrogens (tertiary/aromatic N) is 1. The van der Waals surface area contributed by atoms with E-state index in [-0.39, 0.29) is 4.90 Å². The smallest absolute Gasteiger partial charge is 0.238 e. The van der Waals surface area contributed by atoms with Crippen LogP contribution >= 0.6 is 11.6 Å². The molecule has 0 radical (unpaired) electrons. The van der Waals surface area contributed by atoms with E-state index in [1.165, 1.54) is 18.2 Å². The Morgan fingerprint density at radius 1 is 1.35 bits per heavy atom. The number of halogens is 1. The van der Waals surface area contributed by atoms with Crippen LogP contribution < -0.4 is 10.5 Å². The topological polar surface area (TPSA) is 77.1 Å². The molecule has 0 amide bonds. The Morgan fingerprint density at radius 2 is 2.10 bits per heavy atom. The number of primary sulfonamides is 1. The molecule has 1 aromatic heterocycles. The van der Waals surface area contributed by atoms with E-state index in [0.29, 0.717) is 17.3 Å². The highest BCUT2D eigenvalue weighted by molar-refractivity contribution is 7.89. The first-order valence-electron chi connectivity index (χ1n) is 6.11. The van der Waals surface area contributed by atoms with Crippen LogP contribution in [0.1, 0.15) is 12.5 Å². The lowest BCUT2D eigenvalue weighted by Gasteiger charge is -2.09. The molecule has 5 nitrogen and oxygen atoms in total. The molecule has 0 aliphatic carbocycles. The molecular weight excluding hydrogens is 298 g/mol. The van der Waals surface area contributed by atoms with Gasteiger partial charge in [-0.2, -0.15) is 0 Å². The van der Waals surface area contributed by atoms with Crippen LogP contribution in [0.4, 0.5) is 5.69 Å². The lowest BCUT2D eigenvalue weighted by molar-refractivity contribution is 0.598. The molecule has 3 N–H and O–H groups in total. The van der Waals surface area contributed by atoms with Gasteiger partial charge in [-0.25, -0.2) is 13.6 Å². The van der Waals surface area contributed by atoms with Crippen molar-refractivity contribution in [2.45, 2.75) is 24.9 Å². The highest BCUT2D eigenvalue weighted by Gasteiger charge is 2.10. The first kappa shape index (κ1) is 14.9. The number of hydrogen-bond donors (Lipinski definition) is 2. The molecule has 1 heterocycles. The molecule has 0 aliphatic rings. The lowest BCUT2D eigenvalue weighted by Crippen LogP contribution is -2.12. The maximum atomic E-state index is 11.3. The first-order valence-corrected chi connectivity index (χ1v) is 8.03. The Morgan fingerprint density at radius 3 is 2.70 bits per heavy atom.